The van der Waals surface area contributed by atoms with Gasteiger partial charge in [-0.25, -0.2) is 19.6 Å². The van der Waals surface area contributed by atoms with Crippen LogP contribution < -0.4 is 0 Å². The molecule has 0 aliphatic carbocycles. The van der Waals surface area contributed by atoms with Crippen LogP contribution in [0.2, 0.25) is 0 Å². The quantitative estimate of drug-likeness (QED) is 0.312. The van der Waals surface area contributed by atoms with Crippen LogP contribution >= 0.6 is 10.0 Å². The van der Waals surface area contributed by atoms with E-state index in [0.29, 0.717) is 6.61 Å². The Morgan fingerprint density at radius 2 is 1.77 bits per heavy atom. The van der Waals surface area contributed by atoms with Crippen molar-refractivity contribution in [2.75, 3.05) is 43.8 Å². The average Bonchev–Trinajstić information content (AvgIpc) is 2.51. The fourth-order valence-electron chi connectivity index (χ4n) is 1.47. The van der Waals surface area contributed by atoms with E-state index in [-0.39, 0.29) is 13.2 Å². The normalized spacial score (nSPS) is 13.0. The summed E-state index contributed by atoms with van der Waals surface area (Å²) in [7, 11) is -0.527. The zero-order valence-electron chi connectivity index (χ0n) is 13.8. The first-order valence-electron chi connectivity index (χ1n) is 7.23. The maximum atomic E-state index is 11.2. The summed E-state index contributed by atoms with van der Waals surface area (Å²) in [6, 6.07) is 0. The van der Waals surface area contributed by atoms with Crippen LogP contribution in [0.4, 0.5) is 0 Å². The second kappa shape index (κ2) is 11.3. The second-order valence-corrected chi connectivity index (χ2v) is 9.81. The monoisotopic (exact) mass is 332 g/mol. The van der Waals surface area contributed by atoms with E-state index in [2.05, 4.69) is 32.6 Å². The van der Waals surface area contributed by atoms with Crippen LogP contribution in [0.25, 0.3) is 0 Å². The highest BCUT2D eigenvalue weighted by Gasteiger charge is 2.15. The molecule has 0 saturated carbocycles. The van der Waals surface area contributed by atoms with Gasteiger partial charge in [0, 0.05) is 18.8 Å². The fraction of sp³-hybridized carbons (Fsp3) is 0.625. The summed E-state index contributed by atoms with van der Waals surface area (Å²) in [5, 5.41) is 0. The average molecular weight is 332 g/mol. The molecule has 6 heteroatoms. The third kappa shape index (κ3) is 10.5. The van der Waals surface area contributed by atoms with E-state index in [0.717, 1.165) is 24.3 Å². The Hall–Kier alpha value is -1.27. The van der Waals surface area contributed by atoms with E-state index in [1.54, 1.807) is 0 Å². The molecule has 1 unspecified atom stereocenters. The summed E-state index contributed by atoms with van der Waals surface area (Å²) < 4.78 is 15.5. The van der Waals surface area contributed by atoms with Crippen LogP contribution in [-0.2, 0) is 23.8 Å². The summed E-state index contributed by atoms with van der Waals surface area (Å²) in [4.78, 5) is 22.3. The van der Waals surface area contributed by atoms with Crippen LogP contribution in [0.1, 0.15) is 13.3 Å². The summed E-state index contributed by atoms with van der Waals surface area (Å²) in [6.07, 6.45) is 7.05. The predicted molar refractivity (Wildman–Crippen MR) is 91.5 cm³/mol. The van der Waals surface area contributed by atoms with Gasteiger partial charge >= 0.3 is 11.9 Å². The molecule has 0 aromatic heterocycles. The second-order valence-electron chi connectivity index (χ2n) is 5.29. The number of hydrogen-bond acceptors (Lipinski definition) is 5. The van der Waals surface area contributed by atoms with Crippen LogP contribution in [0.15, 0.2) is 25.3 Å². The first kappa shape index (κ1) is 20.7. The largest absolute Gasteiger partial charge is 0.458 e. The van der Waals surface area contributed by atoms with Gasteiger partial charge in [-0.15, -0.1) is 0 Å². The number of hydrogen-bond donors (Lipinski definition) is 0. The first-order chi connectivity index (χ1) is 10.3. The molecule has 22 heavy (non-hydrogen) atoms. The van der Waals surface area contributed by atoms with Gasteiger partial charge in [0.15, 0.2) is 6.10 Å². The highest BCUT2D eigenvalue weighted by molar-refractivity contribution is 8.32. The molecule has 0 heterocycles. The Labute approximate surface area is 135 Å². The number of carbonyl (C=O) groups excluding carboxylic acids is 2. The number of rotatable bonds is 12. The summed E-state index contributed by atoms with van der Waals surface area (Å²) >= 11 is 0. The molecular weight excluding hydrogens is 304 g/mol. The lowest BCUT2D eigenvalue weighted by Gasteiger charge is -2.29. The molecule has 0 bridgehead atoms. The van der Waals surface area contributed by atoms with Crippen molar-refractivity contribution < 1.29 is 23.8 Å². The third-order valence-corrected chi connectivity index (χ3v) is 6.06. The minimum absolute atomic E-state index is 0.0594. The minimum Gasteiger partial charge on any atom is -0.458 e. The molecule has 0 amide bonds. The van der Waals surface area contributed by atoms with E-state index in [1.807, 2.05) is 0 Å². The summed E-state index contributed by atoms with van der Waals surface area (Å²) in [5.74, 6) is 1.21. The van der Waals surface area contributed by atoms with Crippen LogP contribution in [0, 0.1) is 0 Å². The molecule has 5 nitrogen and oxygen atoms in total. The van der Waals surface area contributed by atoms with Crippen molar-refractivity contribution in [1.82, 2.24) is 0 Å². The van der Waals surface area contributed by atoms with Crippen molar-refractivity contribution in [3.05, 3.63) is 25.3 Å². The van der Waals surface area contributed by atoms with Crippen LogP contribution in [-0.4, -0.2) is 61.9 Å². The Bertz CT molecular complexity index is 379. The van der Waals surface area contributed by atoms with Crippen molar-refractivity contribution in [3.8, 4) is 0 Å². The van der Waals surface area contributed by atoms with Crippen LogP contribution in [0.5, 0.6) is 0 Å². The number of esters is 2. The van der Waals surface area contributed by atoms with E-state index in [4.69, 9.17) is 14.2 Å². The van der Waals surface area contributed by atoms with E-state index in [1.165, 1.54) is 5.75 Å². The molecule has 0 aliphatic heterocycles. The maximum Gasteiger partial charge on any atom is 0.330 e. The van der Waals surface area contributed by atoms with E-state index < -0.39 is 28.1 Å². The SMILES string of the molecule is C=CC(=O)OCC(COCCCS(C)(C)CC)OC(=O)C=C. The van der Waals surface area contributed by atoms with Gasteiger partial charge in [0.05, 0.1) is 6.61 Å². The molecule has 1 atom stereocenters. The van der Waals surface area contributed by atoms with Crippen molar-refractivity contribution in [1.29, 1.82) is 0 Å². The Balaban J connectivity index is 4.11. The zero-order valence-corrected chi connectivity index (χ0v) is 14.7. The standard InChI is InChI=1S/C16H28O5S/c1-6-15(17)20-13-14(21-16(18)7-2)12-19-10-9-11-22(4,5)8-3/h6-7,14H,1-2,8-13H2,3-5H3. The molecule has 0 spiro atoms. The third-order valence-electron chi connectivity index (χ3n) is 3.10. The summed E-state index contributed by atoms with van der Waals surface area (Å²) in [6.45, 7) is 9.56. The molecule has 0 radical (unpaired) electrons. The molecule has 0 N–H and O–H groups in total. The van der Waals surface area contributed by atoms with Crippen LogP contribution in [0.3, 0.4) is 0 Å². The van der Waals surface area contributed by atoms with Crippen molar-refractivity contribution >= 4 is 22.0 Å². The lowest BCUT2D eigenvalue weighted by Crippen LogP contribution is -2.29. The highest BCUT2D eigenvalue weighted by atomic mass is 32.3. The molecule has 128 valence electrons. The topological polar surface area (TPSA) is 61.8 Å². The van der Waals surface area contributed by atoms with Gasteiger partial charge in [0.25, 0.3) is 0 Å². The van der Waals surface area contributed by atoms with E-state index in [9.17, 15) is 9.59 Å². The van der Waals surface area contributed by atoms with Gasteiger partial charge in [0.1, 0.15) is 6.61 Å². The van der Waals surface area contributed by atoms with Crippen molar-refractivity contribution in [2.24, 2.45) is 0 Å². The zero-order chi connectivity index (χ0) is 17.0. The number of ether oxygens (including phenoxy) is 3. The molecule has 0 aromatic carbocycles. The predicted octanol–water partition coefficient (Wildman–Crippen LogP) is 2.30. The molecular formula is C16H28O5S. The maximum absolute atomic E-state index is 11.2. The number of carbonyl (C=O) groups is 2. The van der Waals surface area contributed by atoms with Crippen molar-refractivity contribution in [3.63, 3.8) is 0 Å². The minimum atomic E-state index is -0.638. The lowest BCUT2D eigenvalue weighted by molar-refractivity contribution is -0.156. The summed E-state index contributed by atoms with van der Waals surface area (Å²) in [5.41, 5.74) is 0. The van der Waals surface area contributed by atoms with Crippen molar-refractivity contribution in [2.45, 2.75) is 19.4 Å². The molecule has 0 rings (SSSR count). The van der Waals surface area contributed by atoms with Gasteiger partial charge in [-0.05, 0) is 30.4 Å². The van der Waals surface area contributed by atoms with E-state index >= 15 is 0 Å². The Kier molecular flexibility index (Phi) is 10.7. The Morgan fingerprint density at radius 1 is 1.14 bits per heavy atom. The van der Waals surface area contributed by atoms with Gasteiger partial charge in [-0.1, -0.05) is 20.1 Å². The van der Waals surface area contributed by atoms with Gasteiger partial charge in [0.2, 0.25) is 0 Å². The Morgan fingerprint density at radius 3 is 2.32 bits per heavy atom. The van der Waals surface area contributed by atoms with Gasteiger partial charge < -0.3 is 14.2 Å². The molecule has 0 aliphatic rings. The van der Waals surface area contributed by atoms with Gasteiger partial charge in [-0.2, -0.15) is 0 Å². The first-order valence-corrected chi connectivity index (χ1v) is 10.0. The highest BCUT2D eigenvalue weighted by Crippen LogP contribution is 2.39. The molecule has 0 aromatic rings. The molecule has 0 saturated heterocycles. The molecule has 0 fully saturated rings. The smallest absolute Gasteiger partial charge is 0.330 e. The fourth-order valence-corrected chi connectivity index (χ4v) is 2.66. The lowest BCUT2D eigenvalue weighted by atomic mass is 10.4. The van der Waals surface area contributed by atoms with Gasteiger partial charge in [-0.3, -0.25) is 0 Å².